The van der Waals surface area contributed by atoms with Crippen LogP contribution in [0.5, 0.6) is 5.75 Å². The minimum absolute atomic E-state index is 0.0813. The number of carbonyl (C=O) groups is 1. The number of amides is 2. The second-order valence-electron chi connectivity index (χ2n) is 8.18. The van der Waals surface area contributed by atoms with Gasteiger partial charge in [0.05, 0.1) is 25.6 Å². The molecule has 5 rings (SSSR count). The van der Waals surface area contributed by atoms with Gasteiger partial charge in [0.2, 0.25) is 0 Å². The Balaban J connectivity index is 1.37. The van der Waals surface area contributed by atoms with Gasteiger partial charge in [-0.1, -0.05) is 0 Å². The van der Waals surface area contributed by atoms with E-state index in [-0.39, 0.29) is 11.4 Å². The van der Waals surface area contributed by atoms with Gasteiger partial charge in [0, 0.05) is 61.5 Å². The summed E-state index contributed by atoms with van der Waals surface area (Å²) in [4.78, 5) is 19.5. The fourth-order valence-corrected chi connectivity index (χ4v) is 4.60. The first-order valence-corrected chi connectivity index (χ1v) is 9.97. The number of hydrogen-bond acceptors (Lipinski definition) is 5. The molecule has 0 radical (unpaired) electrons. The van der Waals surface area contributed by atoms with E-state index in [0.717, 1.165) is 67.3 Å². The Labute approximate surface area is 169 Å². The molecule has 1 aromatic carbocycles. The molecule has 2 fully saturated rings. The molecule has 29 heavy (non-hydrogen) atoms. The van der Waals surface area contributed by atoms with E-state index in [1.807, 2.05) is 36.5 Å². The van der Waals surface area contributed by atoms with Crippen molar-refractivity contribution in [2.45, 2.75) is 19.3 Å². The summed E-state index contributed by atoms with van der Waals surface area (Å²) < 4.78 is 12.9. The Hall–Kier alpha value is -2.87. The predicted octanol–water partition coefficient (Wildman–Crippen LogP) is 2.50. The molecule has 1 N–H and O–H groups in total. The fraction of sp³-hybridized carbons (Fsp3) is 0.476. The third-order valence-electron chi connectivity index (χ3n) is 6.23. The molecule has 1 atom stereocenters. The van der Waals surface area contributed by atoms with Crippen LogP contribution < -0.4 is 10.1 Å². The number of methoxy groups -OCH3 is 1. The third-order valence-corrected chi connectivity index (χ3v) is 6.23. The number of aromatic nitrogens is 2. The van der Waals surface area contributed by atoms with E-state index in [1.165, 1.54) is 0 Å². The maximum atomic E-state index is 12.9. The van der Waals surface area contributed by atoms with Crippen molar-refractivity contribution in [2.75, 3.05) is 33.4 Å². The van der Waals surface area contributed by atoms with Crippen molar-refractivity contribution in [1.29, 1.82) is 0 Å². The number of fused-ring (bicyclic) bond motifs is 1. The van der Waals surface area contributed by atoms with Crippen LogP contribution >= 0.6 is 0 Å². The highest BCUT2D eigenvalue weighted by Crippen LogP contribution is 2.42. The van der Waals surface area contributed by atoms with Gasteiger partial charge in [0.1, 0.15) is 11.6 Å². The summed E-state index contributed by atoms with van der Waals surface area (Å²) in [6.07, 6.45) is 6.37. The zero-order valence-electron chi connectivity index (χ0n) is 16.8. The van der Waals surface area contributed by atoms with E-state index < -0.39 is 0 Å². The Morgan fingerprint density at radius 2 is 2.24 bits per heavy atom. The van der Waals surface area contributed by atoms with Crippen molar-refractivity contribution in [3.63, 3.8) is 0 Å². The third kappa shape index (κ3) is 3.17. The number of hydrogen-bond donors (Lipinski definition) is 1. The number of nitrogens with zero attached hydrogens (tertiary/aromatic N) is 4. The normalized spacial score (nSPS) is 22.8. The van der Waals surface area contributed by atoms with Crippen molar-refractivity contribution in [1.82, 2.24) is 20.0 Å². The van der Waals surface area contributed by atoms with Gasteiger partial charge >= 0.3 is 6.03 Å². The maximum Gasteiger partial charge on any atom is 0.322 e. The lowest BCUT2D eigenvalue weighted by Crippen LogP contribution is -2.42. The largest absolute Gasteiger partial charge is 0.496 e. The standard InChI is InChI=1S/C21H25N5O3/c1-25-11-14(10-22-25)15-3-4-17(28-2)16-9-18(23-19(15)16)24-20(27)26-7-5-21(12-26)6-8-29-13-21/h3-4,10-11H,5-9,12-13H2,1-2H3,(H,23,24,27). The van der Waals surface area contributed by atoms with E-state index in [4.69, 9.17) is 14.5 Å². The molecule has 2 amide bonds. The molecule has 0 saturated carbocycles. The van der Waals surface area contributed by atoms with Crippen LogP contribution in [0.15, 0.2) is 29.5 Å². The first-order valence-electron chi connectivity index (χ1n) is 9.97. The van der Waals surface area contributed by atoms with Crippen LogP contribution in [0.1, 0.15) is 18.4 Å². The number of benzene rings is 1. The average molecular weight is 395 g/mol. The topological polar surface area (TPSA) is 81.0 Å². The summed E-state index contributed by atoms with van der Waals surface area (Å²) in [5.41, 5.74) is 3.96. The number of rotatable bonds is 2. The Morgan fingerprint density at radius 1 is 1.34 bits per heavy atom. The summed E-state index contributed by atoms with van der Waals surface area (Å²) in [6, 6.07) is 3.86. The lowest BCUT2D eigenvalue weighted by atomic mass is 9.87. The monoisotopic (exact) mass is 395 g/mol. The van der Waals surface area contributed by atoms with Gasteiger partial charge in [-0.25, -0.2) is 9.79 Å². The van der Waals surface area contributed by atoms with Gasteiger partial charge in [-0.05, 0) is 25.0 Å². The van der Waals surface area contributed by atoms with Crippen LogP contribution in [0.2, 0.25) is 0 Å². The fourth-order valence-electron chi connectivity index (χ4n) is 4.60. The molecule has 2 aromatic rings. The quantitative estimate of drug-likeness (QED) is 0.847. The first kappa shape index (κ1) is 18.2. The highest BCUT2D eigenvalue weighted by Gasteiger charge is 2.43. The Morgan fingerprint density at radius 3 is 2.97 bits per heavy atom. The number of urea groups is 1. The summed E-state index contributed by atoms with van der Waals surface area (Å²) in [5, 5.41) is 7.30. The van der Waals surface area contributed by atoms with E-state index >= 15 is 0 Å². The minimum Gasteiger partial charge on any atom is -0.496 e. The molecule has 0 aliphatic carbocycles. The van der Waals surface area contributed by atoms with Gasteiger partial charge in [-0.2, -0.15) is 5.10 Å². The number of ether oxygens (including phenoxy) is 2. The predicted molar refractivity (Wildman–Crippen MR) is 109 cm³/mol. The summed E-state index contributed by atoms with van der Waals surface area (Å²) in [7, 11) is 3.55. The smallest absolute Gasteiger partial charge is 0.322 e. The van der Waals surface area contributed by atoms with Crippen molar-refractivity contribution in [3.05, 3.63) is 30.1 Å². The zero-order valence-corrected chi connectivity index (χ0v) is 16.8. The molecule has 1 spiro atoms. The second-order valence-corrected chi connectivity index (χ2v) is 8.18. The van der Waals surface area contributed by atoms with Crippen LogP contribution in [-0.2, 0) is 18.2 Å². The molecule has 3 aliphatic heterocycles. The summed E-state index contributed by atoms with van der Waals surface area (Å²) in [5.74, 6) is 1.44. The van der Waals surface area contributed by atoms with Gasteiger partial charge in [-0.15, -0.1) is 0 Å². The van der Waals surface area contributed by atoms with E-state index in [9.17, 15) is 4.79 Å². The molecule has 8 heteroatoms. The average Bonchev–Trinajstić information content (AvgIpc) is 3.49. The van der Waals surface area contributed by atoms with Crippen LogP contribution in [0.25, 0.3) is 11.1 Å². The number of aliphatic imine (C=N–C) groups is 1. The zero-order chi connectivity index (χ0) is 20.0. The van der Waals surface area contributed by atoms with Gasteiger partial charge in [0.15, 0.2) is 0 Å². The van der Waals surface area contributed by atoms with Crippen LogP contribution in [0, 0.1) is 5.41 Å². The SMILES string of the molecule is COc1ccc(-c2cnn(C)c2)c2c1CC(NC(=O)N1CCC3(CCOC3)C1)=N2. The molecule has 2 saturated heterocycles. The molecular formula is C21H25N5O3. The summed E-state index contributed by atoms with van der Waals surface area (Å²) >= 11 is 0. The lowest BCUT2D eigenvalue weighted by Gasteiger charge is -2.22. The second kappa shape index (κ2) is 6.88. The van der Waals surface area contributed by atoms with Crippen molar-refractivity contribution in [3.8, 4) is 16.9 Å². The first-order chi connectivity index (χ1) is 14.1. The molecule has 152 valence electrons. The summed E-state index contributed by atoms with van der Waals surface area (Å²) in [6.45, 7) is 3.08. The molecule has 4 heterocycles. The van der Waals surface area contributed by atoms with E-state index in [0.29, 0.717) is 12.3 Å². The van der Waals surface area contributed by atoms with Crippen LogP contribution in [0.4, 0.5) is 10.5 Å². The number of nitrogens with one attached hydrogen (secondary N) is 1. The van der Waals surface area contributed by atoms with Crippen molar-refractivity contribution >= 4 is 17.6 Å². The minimum atomic E-state index is -0.0813. The maximum absolute atomic E-state index is 12.9. The number of aryl methyl sites for hydroxylation is 1. The van der Waals surface area contributed by atoms with Gasteiger partial charge < -0.3 is 14.4 Å². The van der Waals surface area contributed by atoms with E-state index in [1.54, 1.807) is 11.8 Å². The lowest BCUT2D eigenvalue weighted by molar-refractivity contribution is 0.153. The van der Waals surface area contributed by atoms with Crippen LogP contribution in [-0.4, -0.2) is 60.0 Å². The Bertz CT molecular complexity index is 990. The molecule has 3 aliphatic rings. The van der Waals surface area contributed by atoms with Crippen molar-refractivity contribution in [2.24, 2.45) is 17.5 Å². The molecule has 0 bridgehead atoms. The highest BCUT2D eigenvalue weighted by atomic mass is 16.5. The number of carbonyl (C=O) groups excluding carboxylic acids is 1. The highest BCUT2D eigenvalue weighted by molar-refractivity contribution is 6.04. The Kier molecular flexibility index (Phi) is 4.31. The van der Waals surface area contributed by atoms with Crippen LogP contribution in [0.3, 0.4) is 0 Å². The van der Waals surface area contributed by atoms with E-state index in [2.05, 4.69) is 10.4 Å². The number of likely N-dealkylation sites (tertiary alicyclic amines) is 1. The van der Waals surface area contributed by atoms with Gasteiger partial charge in [-0.3, -0.25) is 10.00 Å². The molecule has 1 unspecified atom stereocenters. The number of amidine groups is 1. The molecular weight excluding hydrogens is 370 g/mol. The van der Waals surface area contributed by atoms with Crippen molar-refractivity contribution < 1.29 is 14.3 Å². The molecule has 8 nitrogen and oxygen atoms in total. The van der Waals surface area contributed by atoms with Gasteiger partial charge in [0.25, 0.3) is 0 Å². The molecule has 1 aromatic heterocycles.